The summed E-state index contributed by atoms with van der Waals surface area (Å²) in [4.78, 5) is 16.6. The number of hydrogen-bond acceptors (Lipinski definition) is 2. The van der Waals surface area contributed by atoms with Gasteiger partial charge in [-0.2, -0.15) is 0 Å². The van der Waals surface area contributed by atoms with Crippen molar-refractivity contribution in [1.29, 1.82) is 0 Å². The van der Waals surface area contributed by atoms with Crippen LogP contribution in [0.2, 0.25) is 0 Å². The zero-order chi connectivity index (χ0) is 11.7. The largest absolute Gasteiger partial charge is 0.335 e. The Kier molecular flexibility index (Phi) is 3.23. The topological polar surface area (TPSA) is 35.6 Å². The molecular formula is C13H23N3O. The Labute approximate surface area is 103 Å². The summed E-state index contributed by atoms with van der Waals surface area (Å²) in [7, 11) is 0. The first-order valence-corrected chi connectivity index (χ1v) is 7.12. The molecule has 2 heterocycles. The van der Waals surface area contributed by atoms with Crippen LogP contribution in [0.5, 0.6) is 0 Å². The van der Waals surface area contributed by atoms with Crippen molar-refractivity contribution in [1.82, 2.24) is 15.1 Å². The third-order valence-corrected chi connectivity index (χ3v) is 4.54. The van der Waals surface area contributed by atoms with Crippen LogP contribution in [0.4, 0.5) is 4.79 Å². The molecule has 1 unspecified atom stereocenters. The molecule has 3 aliphatic rings. The Morgan fingerprint density at radius 2 is 1.76 bits per heavy atom. The predicted molar refractivity (Wildman–Crippen MR) is 67.0 cm³/mol. The fraction of sp³-hybridized carbons (Fsp3) is 0.923. The second-order valence-corrected chi connectivity index (χ2v) is 5.71. The molecule has 2 aliphatic heterocycles. The summed E-state index contributed by atoms with van der Waals surface area (Å²) in [6, 6.07) is 1.27. The van der Waals surface area contributed by atoms with Crippen molar-refractivity contribution in [2.75, 3.05) is 26.2 Å². The molecular weight excluding hydrogens is 214 g/mol. The van der Waals surface area contributed by atoms with Crippen molar-refractivity contribution >= 4 is 6.03 Å². The summed E-state index contributed by atoms with van der Waals surface area (Å²) >= 11 is 0. The first-order valence-electron chi connectivity index (χ1n) is 7.12. The lowest BCUT2D eigenvalue weighted by atomic mass is 9.93. The van der Waals surface area contributed by atoms with E-state index in [9.17, 15) is 4.79 Å². The highest BCUT2D eigenvalue weighted by atomic mass is 16.2. The SMILES string of the molecule is O=C(NC1CCC1)N1CCC(N2CCCC2)C1. The molecule has 96 valence electrons. The van der Waals surface area contributed by atoms with Gasteiger partial charge in [-0.05, 0) is 51.6 Å². The number of urea groups is 1. The van der Waals surface area contributed by atoms with Crippen LogP contribution < -0.4 is 5.32 Å². The number of nitrogens with zero attached hydrogens (tertiary/aromatic N) is 2. The minimum atomic E-state index is 0.177. The van der Waals surface area contributed by atoms with Gasteiger partial charge in [0, 0.05) is 25.2 Å². The fourth-order valence-corrected chi connectivity index (χ4v) is 3.15. The maximum Gasteiger partial charge on any atom is 0.317 e. The lowest BCUT2D eigenvalue weighted by molar-refractivity contribution is 0.188. The molecule has 1 N–H and O–H groups in total. The Balaban J connectivity index is 1.47. The maximum absolute atomic E-state index is 12.0. The fourth-order valence-electron chi connectivity index (χ4n) is 3.15. The van der Waals surface area contributed by atoms with Gasteiger partial charge in [-0.15, -0.1) is 0 Å². The quantitative estimate of drug-likeness (QED) is 0.788. The standard InChI is InChI=1S/C13H23N3O/c17-13(14-11-4-3-5-11)16-9-6-12(10-16)15-7-1-2-8-15/h11-12H,1-10H2,(H,14,17). The average molecular weight is 237 g/mol. The number of likely N-dealkylation sites (tertiary alicyclic amines) is 2. The van der Waals surface area contributed by atoms with Crippen molar-refractivity contribution in [2.24, 2.45) is 0 Å². The molecule has 1 saturated carbocycles. The molecule has 1 aliphatic carbocycles. The van der Waals surface area contributed by atoms with Crippen LogP contribution in [0.1, 0.15) is 38.5 Å². The van der Waals surface area contributed by atoms with E-state index in [0.29, 0.717) is 12.1 Å². The normalized spacial score (nSPS) is 30.6. The third kappa shape index (κ3) is 2.41. The molecule has 0 radical (unpaired) electrons. The molecule has 0 aromatic carbocycles. The van der Waals surface area contributed by atoms with Crippen molar-refractivity contribution in [2.45, 2.75) is 50.6 Å². The van der Waals surface area contributed by atoms with Crippen molar-refractivity contribution < 1.29 is 4.79 Å². The summed E-state index contributed by atoms with van der Waals surface area (Å²) in [5.41, 5.74) is 0. The molecule has 3 fully saturated rings. The first-order chi connectivity index (χ1) is 8.33. The Morgan fingerprint density at radius 3 is 2.41 bits per heavy atom. The highest BCUT2D eigenvalue weighted by Gasteiger charge is 2.32. The molecule has 4 heteroatoms. The van der Waals surface area contributed by atoms with Gasteiger partial charge in [-0.25, -0.2) is 4.79 Å². The van der Waals surface area contributed by atoms with Gasteiger partial charge in [0.05, 0.1) is 0 Å². The van der Waals surface area contributed by atoms with E-state index in [2.05, 4.69) is 10.2 Å². The summed E-state index contributed by atoms with van der Waals surface area (Å²) in [5.74, 6) is 0. The first kappa shape index (κ1) is 11.3. The van der Waals surface area contributed by atoms with E-state index >= 15 is 0 Å². The number of amides is 2. The summed E-state index contributed by atoms with van der Waals surface area (Å²) in [5, 5.41) is 3.14. The van der Waals surface area contributed by atoms with E-state index in [1.54, 1.807) is 0 Å². The molecule has 3 rings (SSSR count). The third-order valence-electron chi connectivity index (χ3n) is 4.54. The van der Waals surface area contributed by atoms with Crippen molar-refractivity contribution in [3.63, 3.8) is 0 Å². The molecule has 0 spiro atoms. The maximum atomic E-state index is 12.0. The highest BCUT2D eigenvalue weighted by molar-refractivity contribution is 5.75. The van der Waals surface area contributed by atoms with E-state index in [4.69, 9.17) is 0 Å². The van der Waals surface area contributed by atoms with Crippen LogP contribution in [-0.2, 0) is 0 Å². The minimum absolute atomic E-state index is 0.177. The number of hydrogen-bond donors (Lipinski definition) is 1. The number of rotatable bonds is 2. The minimum Gasteiger partial charge on any atom is -0.335 e. The molecule has 0 bridgehead atoms. The lowest BCUT2D eigenvalue weighted by Gasteiger charge is -2.29. The van der Waals surface area contributed by atoms with Gasteiger partial charge in [0.15, 0.2) is 0 Å². The monoisotopic (exact) mass is 237 g/mol. The second kappa shape index (κ2) is 4.84. The molecule has 1 atom stereocenters. The van der Waals surface area contributed by atoms with Crippen LogP contribution in [0, 0.1) is 0 Å². The zero-order valence-corrected chi connectivity index (χ0v) is 10.5. The highest BCUT2D eigenvalue weighted by Crippen LogP contribution is 2.22. The van der Waals surface area contributed by atoms with Gasteiger partial charge in [0.2, 0.25) is 0 Å². The number of carbonyl (C=O) groups is 1. The predicted octanol–water partition coefficient (Wildman–Crippen LogP) is 1.42. The molecule has 4 nitrogen and oxygen atoms in total. The zero-order valence-electron chi connectivity index (χ0n) is 10.5. The average Bonchev–Trinajstić information content (AvgIpc) is 2.91. The van der Waals surface area contributed by atoms with Crippen LogP contribution in [-0.4, -0.2) is 54.1 Å². The number of carbonyl (C=O) groups excluding carboxylic acids is 1. The smallest absolute Gasteiger partial charge is 0.317 e. The summed E-state index contributed by atoms with van der Waals surface area (Å²) in [6.45, 7) is 4.36. The van der Waals surface area contributed by atoms with Gasteiger partial charge in [0.25, 0.3) is 0 Å². The van der Waals surface area contributed by atoms with Crippen LogP contribution in [0.25, 0.3) is 0 Å². The van der Waals surface area contributed by atoms with Gasteiger partial charge < -0.3 is 10.2 Å². The van der Waals surface area contributed by atoms with Crippen LogP contribution >= 0.6 is 0 Å². The van der Waals surface area contributed by atoms with E-state index in [-0.39, 0.29) is 6.03 Å². The summed E-state index contributed by atoms with van der Waals surface area (Å²) in [6.07, 6.45) is 7.47. The van der Waals surface area contributed by atoms with E-state index in [1.807, 2.05) is 4.90 Å². The lowest BCUT2D eigenvalue weighted by Crippen LogP contribution is -2.47. The Bertz CT molecular complexity index is 284. The van der Waals surface area contributed by atoms with Crippen LogP contribution in [0.15, 0.2) is 0 Å². The van der Waals surface area contributed by atoms with Gasteiger partial charge >= 0.3 is 6.03 Å². The molecule has 0 aromatic heterocycles. The van der Waals surface area contributed by atoms with Crippen molar-refractivity contribution in [3.8, 4) is 0 Å². The van der Waals surface area contributed by atoms with Gasteiger partial charge in [-0.1, -0.05) is 0 Å². The molecule has 17 heavy (non-hydrogen) atoms. The van der Waals surface area contributed by atoms with E-state index in [1.165, 1.54) is 45.2 Å². The molecule has 2 saturated heterocycles. The summed E-state index contributed by atoms with van der Waals surface area (Å²) < 4.78 is 0. The number of nitrogens with one attached hydrogen (secondary N) is 1. The molecule has 0 aromatic rings. The van der Waals surface area contributed by atoms with Crippen LogP contribution in [0.3, 0.4) is 0 Å². The Morgan fingerprint density at radius 1 is 1.00 bits per heavy atom. The second-order valence-electron chi connectivity index (χ2n) is 5.71. The molecule has 2 amide bonds. The Hall–Kier alpha value is -0.770. The van der Waals surface area contributed by atoms with Gasteiger partial charge in [0.1, 0.15) is 0 Å². The van der Waals surface area contributed by atoms with E-state index < -0.39 is 0 Å². The van der Waals surface area contributed by atoms with Gasteiger partial charge in [-0.3, -0.25) is 4.90 Å². The van der Waals surface area contributed by atoms with E-state index in [0.717, 1.165) is 19.5 Å². The van der Waals surface area contributed by atoms with Crippen molar-refractivity contribution in [3.05, 3.63) is 0 Å².